The lowest BCUT2D eigenvalue weighted by Gasteiger charge is -2.05. The molecule has 0 aromatic heterocycles. The van der Waals surface area contributed by atoms with Crippen molar-refractivity contribution in [3.8, 4) is 0 Å². The summed E-state index contributed by atoms with van der Waals surface area (Å²) in [6.45, 7) is 0. The van der Waals surface area contributed by atoms with Crippen molar-refractivity contribution < 1.29 is 4.39 Å². The molecular formula is C14H11BrClFS. The number of alkyl halides is 1. The summed E-state index contributed by atoms with van der Waals surface area (Å²) >= 11 is 10.7. The summed E-state index contributed by atoms with van der Waals surface area (Å²) < 4.78 is 13.9. The molecule has 0 aliphatic heterocycles. The number of rotatable bonds is 4. The van der Waals surface area contributed by atoms with Crippen LogP contribution in [0.4, 0.5) is 4.39 Å². The Kier molecular flexibility index (Phi) is 5.10. The highest BCUT2D eigenvalue weighted by Crippen LogP contribution is 2.28. The first-order chi connectivity index (χ1) is 8.70. The van der Waals surface area contributed by atoms with Gasteiger partial charge < -0.3 is 0 Å². The van der Waals surface area contributed by atoms with E-state index in [9.17, 15) is 4.39 Å². The highest BCUT2D eigenvalue weighted by Gasteiger charge is 2.05. The smallest absolute Gasteiger partial charge is 0.137 e. The normalized spacial score (nSPS) is 10.6. The van der Waals surface area contributed by atoms with E-state index in [-0.39, 0.29) is 5.82 Å². The second-order valence-corrected chi connectivity index (χ2v) is 5.89. The van der Waals surface area contributed by atoms with Gasteiger partial charge in [-0.15, -0.1) is 23.4 Å². The summed E-state index contributed by atoms with van der Waals surface area (Å²) in [7, 11) is 0. The fourth-order valence-corrected chi connectivity index (χ4v) is 3.16. The summed E-state index contributed by atoms with van der Waals surface area (Å²) in [6, 6.07) is 13.2. The number of thioether (sulfide) groups is 1. The van der Waals surface area contributed by atoms with Crippen molar-refractivity contribution in [1.82, 2.24) is 0 Å². The minimum atomic E-state index is -0.217. The van der Waals surface area contributed by atoms with Gasteiger partial charge in [-0.1, -0.05) is 24.3 Å². The minimum Gasteiger partial charge on any atom is -0.206 e. The lowest BCUT2D eigenvalue weighted by molar-refractivity contribution is 0.619. The average molecular weight is 346 g/mol. The van der Waals surface area contributed by atoms with Gasteiger partial charge in [-0.05, 0) is 45.3 Å². The summed E-state index contributed by atoms with van der Waals surface area (Å²) in [5, 5.41) is 0. The summed E-state index contributed by atoms with van der Waals surface area (Å²) in [4.78, 5) is 1.15. The Morgan fingerprint density at radius 1 is 1.11 bits per heavy atom. The Bertz CT molecular complexity index is 528. The Morgan fingerprint density at radius 3 is 2.50 bits per heavy atom. The van der Waals surface area contributed by atoms with Crippen LogP contribution in [0.1, 0.15) is 11.1 Å². The van der Waals surface area contributed by atoms with Crippen molar-refractivity contribution in [2.24, 2.45) is 0 Å². The standard InChI is InChI=1S/C14H11BrClFS/c15-14-11(2-1-3-13(14)17)9-18-12-6-4-10(8-16)5-7-12/h1-7H,8-9H2. The van der Waals surface area contributed by atoms with Gasteiger partial charge in [0.2, 0.25) is 0 Å². The zero-order valence-electron chi connectivity index (χ0n) is 9.50. The first-order valence-corrected chi connectivity index (χ1v) is 7.72. The third-order valence-electron chi connectivity index (χ3n) is 2.50. The van der Waals surface area contributed by atoms with Gasteiger partial charge in [0, 0.05) is 16.5 Å². The zero-order valence-corrected chi connectivity index (χ0v) is 12.7. The van der Waals surface area contributed by atoms with E-state index in [1.807, 2.05) is 30.3 Å². The molecule has 0 unspecified atom stereocenters. The van der Waals surface area contributed by atoms with E-state index < -0.39 is 0 Å². The molecule has 0 saturated heterocycles. The molecule has 2 rings (SSSR count). The number of hydrogen-bond donors (Lipinski definition) is 0. The van der Waals surface area contributed by atoms with Crippen molar-refractivity contribution in [3.63, 3.8) is 0 Å². The average Bonchev–Trinajstić information content (AvgIpc) is 2.41. The van der Waals surface area contributed by atoms with Crippen LogP contribution in [0, 0.1) is 5.82 Å². The Balaban J connectivity index is 2.04. The van der Waals surface area contributed by atoms with Crippen molar-refractivity contribution in [2.45, 2.75) is 16.5 Å². The molecule has 0 atom stereocenters. The monoisotopic (exact) mass is 344 g/mol. The van der Waals surface area contributed by atoms with Crippen LogP contribution in [0.25, 0.3) is 0 Å². The number of hydrogen-bond acceptors (Lipinski definition) is 1. The van der Waals surface area contributed by atoms with Gasteiger partial charge in [-0.25, -0.2) is 4.39 Å². The third kappa shape index (κ3) is 3.50. The van der Waals surface area contributed by atoms with E-state index in [4.69, 9.17) is 11.6 Å². The molecule has 4 heteroatoms. The van der Waals surface area contributed by atoms with Crippen LogP contribution in [-0.4, -0.2) is 0 Å². The second-order valence-electron chi connectivity index (χ2n) is 3.78. The molecule has 0 nitrogen and oxygen atoms in total. The van der Waals surface area contributed by atoms with E-state index in [0.29, 0.717) is 10.4 Å². The van der Waals surface area contributed by atoms with Crippen LogP contribution in [0.5, 0.6) is 0 Å². The van der Waals surface area contributed by atoms with Gasteiger partial charge in [0.05, 0.1) is 4.47 Å². The Hall–Kier alpha value is -0.510. The van der Waals surface area contributed by atoms with E-state index in [1.165, 1.54) is 6.07 Å². The highest BCUT2D eigenvalue weighted by atomic mass is 79.9. The SMILES string of the molecule is Fc1cccc(CSc2ccc(CCl)cc2)c1Br. The van der Waals surface area contributed by atoms with Crippen LogP contribution in [0.3, 0.4) is 0 Å². The largest absolute Gasteiger partial charge is 0.206 e. The first kappa shape index (κ1) is 13.9. The number of benzene rings is 2. The molecule has 0 saturated carbocycles. The first-order valence-electron chi connectivity index (χ1n) is 5.41. The molecule has 2 aromatic carbocycles. The highest BCUT2D eigenvalue weighted by molar-refractivity contribution is 9.10. The van der Waals surface area contributed by atoms with Crippen LogP contribution in [0.15, 0.2) is 51.8 Å². The molecule has 0 aliphatic carbocycles. The van der Waals surface area contributed by atoms with E-state index >= 15 is 0 Å². The van der Waals surface area contributed by atoms with Gasteiger partial charge in [-0.2, -0.15) is 0 Å². The zero-order chi connectivity index (χ0) is 13.0. The lowest BCUT2D eigenvalue weighted by Crippen LogP contribution is -1.87. The fourth-order valence-electron chi connectivity index (χ4n) is 1.50. The Labute approximate surface area is 124 Å². The van der Waals surface area contributed by atoms with E-state index in [0.717, 1.165) is 21.8 Å². The molecule has 0 heterocycles. The van der Waals surface area contributed by atoms with Gasteiger partial charge in [0.1, 0.15) is 5.82 Å². The molecule has 2 aromatic rings. The second kappa shape index (κ2) is 6.60. The maximum absolute atomic E-state index is 13.3. The lowest BCUT2D eigenvalue weighted by atomic mass is 10.2. The molecule has 94 valence electrons. The van der Waals surface area contributed by atoms with Gasteiger partial charge >= 0.3 is 0 Å². The molecule has 0 spiro atoms. The summed E-state index contributed by atoms with van der Waals surface area (Å²) in [5.74, 6) is 1.05. The molecule has 0 N–H and O–H groups in total. The van der Waals surface area contributed by atoms with Crippen LogP contribution in [0.2, 0.25) is 0 Å². The topological polar surface area (TPSA) is 0 Å². The molecule has 0 radical (unpaired) electrons. The molecule has 18 heavy (non-hydrogen) atoms. The van der Waals surface area contributed by atoms with Crippen molar-refractivity contribution in [2.75, 3.05) is 0 Å². The maximum atomic E-state index is 13.3. The van der Waals surface area contributed by atoms with Crippen LogP contribution >= 0.6 is 39.3 Å². The van der Waals surface area contributed by atoms with E-state index in [2.05, 4.69) is 15.9 Å². The van der Waals surface area contributed by atoms with Gasteiger partial charge in [0.15, 0.2) is 0 Å². The Morgan fingerprint density at radius 2 is 1.83 bits per heavy atom. The third-order valence-corrected chi connectivity index (χ3v) is 4.76. The fraction of sp³-hybridized carbons (Fsp3) is 0.143. The molecular weight excluding hydrogens is 335 g/mol. The quantitative estimate of drug-likeness (QED) is 0.512. The van der Waals surface area contributed by atoms with Crippen molar-refractivity contribution in [3.05, 3.63) is 63.9 Å². The molecule has 0 amide bonds. The predicted octanol–water partition coefficient (Wildman–Crippen LogP) is 5.62. The molecule has 0 bridgehead atoms. The van der Waals surface area contributed by atoms with Gasteiger partial charge in [-0.3, -0.25) is 0 Å². The van der Waals surface area contributed by atoms with Crippen LogP contribution < -0.4 is 0 Å². The van der Waals surface area contributed by atoms with Gasteiger partial charge in [0.25, 0.3) is 0 Å². The minimum absolute atomic E-state index is 0.217. The van der Waals surface area contributed by atoms with Crippen molar-refractivity contribution >= 4 is 39.3 Å². The summed E-state index contributed by atoms with van der Waals surface area (Å²) in [6.07, 6.45) is 0. The van der Waals surface area contributed by atoms with E-state index in [1.54, 1.807) is 17.8 Å². The van der Waals surface area contributed by atoms with Crippen molar-refractivity contribution in [1.29, 1.82) is 0 Å². The van der Waals surface area contributed by atoms with Crippen LogP contribution in [-0.2, 0) is 11.6 Å². The predicted molar refractivity (Wildman–Crippen MR) is 79.7 cm³/mol. The summed E-state index contributed by atoms with van der Waals surface area (Å²) in [5.41, 5.74) is 2.06. The molecule has 0 aliphatic rings. The number of halogens is 3. The maximum Gasteiger partial charge on any atom is 0.137 e. The molecule has 0 fully saturated rings.